The van der Waals surface area contributed by atoms with Gasteiger partial charge in [-0.1, -0.05) is 13.8 Å². The number of ether oxygens (including phenoxy) is 2. The maximum Gasteiger partial charge on any atom is 0.340 e. The molecule has 0 saturated carbocycles. The van der Waals surface area contributed by atoms with Gasteiger partial charge in [0.05, 0.1) is 36.0 Å². The van der Waals surface area contributed by atoms with Crippen molar-refractivity contribution in [1.82, 2.24) is 4.31 Å². The first-order chi connectivity index (χ1) is 12.0. The van der Waals surface area contributed by atoms with E-state index in [0.717, 1.165) is 0 Å². The van der Waals surface area contributed by atoms with Crippen LogP contribution < -0.4 is 4.90 Å². The van der Waals surface area contributed by atoms with Crippen molar-refractivity contribution >= 4 is 21.7 Å². The SMILES string of the molecule is CCOC(=O)c1cc(S(=O)(=O)N(CC)CC)ccc1N1CCOCC1. The quantitative estimate of drug-likeness (QED) is 0.681. The molecule has 1 fully saturated rings. The van der Waals surface area contributed by atoms with E-state index in [4.69, 9.17) is 9.47 Å². The standard InChI is InChI=1S/C17H26N2O5S/c1-4-19(5-2)25(21,22)14-7-8-16(18-9-11-23-12-10-18)15(13-14)17(20)24-6-3/h7-8,13H,4-6,9-12H2,1-3H3. The van der Waals surface area contributed by atoms with Crippen molar-refractivity contribution in [1.29, 1.82) is 0 Å². The fourth-order valence-electron chi connectivity index (χ4n) is 2.84. The Hall–Kier alpha value is -1.64. The summed E-state index contributed by atoms with van der Waals surface area (Å²) in [6.07, 6.45) is 0. The summed E-state index contributed by atoms with van der Waals surface area (Å²) in [6.45, 7) is 8.71. The maximum atomic E-state index is 12.8. The number of sulfonamides is 1. The molecule has 1 aliphatic rings. The zero-order valence-corrected chi connectivity index (χ0v) is 15.8. The molecule has 0 spiro atoms. The normalized spacial score (nSPS) is 15.4. The van der Waals surface area contributed by atoms with Crippen LogP contribution in [0.1, 0.15) is 31.1 Å². The molecular weight excluding hydrogens is 344 g/mol. The summed E-state index contributed by atoms with van der Waals surface area (Å²) in [7, 11) is -3.64. The van der Waals surface area contributed by atoms with Crippen LogP contribution in [-0.4, -0.2) is 64.7 Å². The minimum absolute atomic E-state index is 0.108. The third kappa shape index (κ3) is 4.31. The number of esters is 1. The number of carbonyl (C=O) groups excluding carboxylic acids is 1. The fraction of sp³-hybridized carbons (Fsp3) is 0.588. The van der Waals surface area contributed by atoms with Gasteiger partial charge in [-0.15, -0.1) is 0 Å². The number of morpholine rings is 1. The van der Waals surface area contributed by atoms with Crippen molar-refractivity contribution in [2.45, 2.75) is 25.7 Å². The van der Waals surface area contributed by atoms with Crippen molar-refractivity contribution in [3.05, 3.63) is 23.8 Å². The predicted molar refractivity (Wildman–Crippen MR) is 95.5 cm³/mol. The molecule has 25 heavy (non-hydrogen) atoms. The monoisotopic (exact) mass is 370 g/mol. The zero-order valence-electron chi connectivity index (χ0n) is 15.0. The maximum absolute atomic E-state index is 12.8. The van der Waals surface area contributed by atoms with Gasteiger partial charge < -0.3 is 14.4 Å². The molecule has 7 nitrogen and oxygen atoms in total. The number of benzene rings is 1. The molecule has 0 unspecified atom stereocenters. The van der Waals surface area contributed by atoms with Crippen LogP contribution in [0.2, 0.25) is 0 Å². The molecule has 1 heterocycles. The molecule has 140 valence electrons. The molecule has 0 atom stereocenters. The molecule has 1 aromatic carbocycles. The van der Waals surface area contributed by atoms with E-state index < -0.39 is 16.0 Å². The van der Waals surface area contributed by atoms with E-state index >= 15 is 0 Å². The third-order valence-corrected chi connectivity index (χ3v) is 6.20. The average molecular weight is 370 g/mol. The Labute approximate surface area is 149 Å². The van der Waals surface area contributed by atoms with E-state index in [1.54, 1.807) is 32.9 Å². The van der Waals surface area contributed by atoms with Crippen LogP contribution >= 0.6 is 0 Å². The lowest BCUT2D eigenvalue weighted by atomic mass is 10.1. The number of hydrogen-bond acceptors (Lipinski definition) is 6. The van der Waals surface area contributed by atoms with Crippen LogP contribution in [0, 0.1) is 0 Å². The summed E-state index contributed by atoms with van der Waals surface area (Å²) in [4.78, 5) is 14.5. The second-order valence-electron chi connectivity index (χ2n) is 5.59. The Morgan fingerprint density at radius 2 is 1.84 bits per heavy atom. The number of carbonyl (C=O) groups is 1. The molecule has 0 radical (unpaired) electrons. The number of rotatable bonds is 7. The average Bonchev–Trinajstić information content (AvgIpc) is 2.63. The van der Waals surface area contributed by atoms with Crippen molar-refractivity contribution in [2.24, 2.45) is 0 Å². The highest BCUT2D eigenvalue weighted by Crippen LogP contribution is 2.27. The summed E-state index contributed by atoms with van der Waals surface area (Å²) in [5.41, 5.74) is 0.956. The number of anilines is 1. The summed E-state index contributed by atoms with van der Waals surface area (Å²) in [5, 5.41) is 0. The van der Waals surface area contributed by atoms with E-state index in [2.05, 4.69) is 0 Å². The highest BCUT2D eigenvalue weighted by molar-refractivity contribution is 7.89. The van der Waals surface area contributed by atoms with Crippen LogP contribution in [0.3, 0.4) is 0 Å². The Balaban J connectivity index is 2.48. The molecule has 8 heteroatoms. The van der Waals surface area contributed by atoms with Crippen molar-refractivity contribution in [3.63, 3.8) is 0 Å². The summed E-state index contributed by atoms with van der Waals surface area (Å²) in [5.74, 6) is -0.513. The van der Waals surface area contributed by atoms with Crippen molar-refractivity contribution in [3.8, 4) is 0 Å². The van der Waals surface area contributed by atoms with E-state index in [0.29, 0.717) is 45.1 Å². The van der Waals surface area contributed by atoms with Gasteiger partial charge in [-0.3, -0.25) is 0 Å². The second kappa shape index (κ2) is 8.64. The largest absolute Gasteiger partial charge is 0.462 e. The minimum Gasteiger partial charge on any atom is -0.462 e. The summed E-state index contributed by atoms with van der Waals surface area (Å²) >= 11 is 0. The van der Waals surface area contributed by atoms with Gasteiger partial charge in [0.2, 0.25) is 10.0 Å². The molecule has 0 aromatic heterocycles. The predicted octanol–water partition coefficient (Wildman–Crippen LogP) is 1.73. The van der Waals surface area contributed by atoms with Gasteiger partial charge in [-0.25, -0.2) is 13.2 Å². The first-order valence-corrected chi connectivity index (χ1v) is 10.0. The van der Waals surface area contributed by atoms with Crippen molar-refractivity contribution < 1.29 is 22.7 Å². The minimum atomic E-state index is -3.64. The molecule has 0 bridgehead atoms. The van der Waals surface area contributed by atoms with Gasteiger partial charge in [0.1, 0.15) is 0 Å². The van der Waals surface area contributed by atoms with Gasteiger partial charge in [0.15, 0.2) is 0 Å². The van der Waals surface area contributed by atoms with E-state index in [9.17, 15) is 13.2 Å². The first-order valence-electron chi connectivity index (χ1n) is 8.59. The molecule has 2 rings (SSSR count). The van der Waals surface area contributed by atoms with Gasteiger partial charge in [-0.2, -0.15) is 4.31 Å². The van der Waals surface area contributed by atoms with Gasteiger partial charge in [0, 0.05) is 26.2 Å². The third-order valence-electron chi connectivity index (χ3n) is 4.16. The summed E-state index contributed by atoms with van der Waals surface area (Å²) in [6, 6.07) is 4.67. The number of nitrogens with zero attached hydrogens (tertiary/aromatic N) is 2. The first kappa shape index (κ1) is 19.7. The summed E-state index contributed by atoms with van der Waals surface area (Å²) < 4.78 is 37.4. The smallest absolute Gasteiger partial charge is 0.340 e. The van der Waals surface area contributed by atoms with Crippen LogP contribution in [0.25, 0.3) is 0 Å². The number of hydrogen-bond donors (Lipinski definition) is 0. The van der Waals surface area contributed by atoms with E-state index in [1.165, 1.54) is 10.4 Å². The van der Waals surface area contributed by atoms with E-state index in [-0.39, 0.29) is 17.1 Å². The zero-order chi connectivity index (χ0) is 18.4. The Kier molecular flexibility index (Phi) is 6.80. The fourth-order valence-corrected chi connectivity index (χ4v) is 4.33. The Bertz CT molecular complexity index is 695. The molecular formula is C17H26N2O5S. The van der Waals surface area contributed by atoms with Gasteiger partial charge in [-0.05, 0) is 25.1 Å². The molecule has 0 aliphatic carbocycles. The molecule has 1 aromatic rings. The Morgan fingerprint density at radius 3 is 2.40 bits per heavy atom. The van der Waals surface area contributed by atoms with E-state index in [1.807, 2.05) is 4.90 Å². The lowest BCUT2D eigenvalue weighted by Gasteiger charge is -2.30. The van der Waals surface area contributed by atoms with Gasteiger partial charge in [0.25, 0.3) is 0 Å². The topological polar surface area (TPSA) is 76.2 Å². The molecule has 1 aliphatic heterocycles. The van der Waals surface area contributed by atoms with Crippen molar-refractivity contribution in [2.75, 3.05) is 50.9 Å². The lowest BCUT2D eigenvalue weighted by molar-refractivity contribution is 0.0526. The lowest BCUT2D eigenvalue weighted by Crippen LogP contribution is -2.37. The molecule has 0 N–H and O–H groups in total. The highest BCUT2D eigenvalue weighted by atomic mass is 32.2. The second-order valence-corrected chi connectivity index (χ2v) is 7.53. The van der Waals surface area contributed by atoms with Crippen LogP contribution in [0.4, 0.5) is 5.69 Å². The van der Waals surface area contributed by atoms with Crippen LogP contribution in [0.5, 0.6) is 0 Å². The molecule has 0 amide bonds. The van der Waals surface area contributed by atoms with Crippen LogP contribution in [0.15, 0.2) is 23.1 Å². The van der Waals surface area contributed by atoms with Gasteiger partial charge >= 0.3 is 5.97 Å². The highest BCUT2D eigenvalue weighted by Gasteiger charge is 2.26. The Morgan fingerprint density at radius 1 is 1.20 bits per heavy atom. The van der Waals surface area contributed by atoms with Crippen LogP contribution in [-0.2, 0) is 19.5 Å². The molecule has 1 saturated heterocycles.